The van der Waals surface area contributed by atoms with Gasteiger partial charge in [-0.05, 0) is 24.6 Å². The molecule has 4 heteroatoms. The van der Waals surface area contributed by atoms with Gasteiger partial charge in [0.1, 0.15) is 0 Å². The summed E-state index contributed by atoms with van der Waals surface area (Å²) in [6.07, 6.45) is 4.38. The zero-order valence-corrected chi connectivity index (χ0v) is 11.0. The van der Waals surface area contributed by atoms with Gasteiger partial charge in [0.05, 0.1) is 12.2 Å². The van der Waals surface area contributed by atoms with Crippen molar-refractivity contribution in [1.29, 1.82) is 0 Å². The molecule has 0 amide bonds. The fraction of sp³-hybridized carbons (Fsp3) is 0.462. The zero-order valence-electron chi connectivity index (χ0n) is 10.1. The first kappa shape index (κ1) is 13.9. The Labute approximate surface area is 108 Å². The van der Waals surface area contributed by atoms with Crippen LogP contribution < -0.4 is 5.73 Å². The lowest BCUT2D eigenvalue weighted by Gasteiger charge is -2.06. The lowest BCUT2D eigenvalue weighted by atomic mass is 10.2. The lowest BCUT2D eigenvalue weighted by Crippen LogP contribution is -2.06. The minimum atomic E-state index is -0.309. The predicted molar refractivity (Wildman–Crippen MR) is 72.5 cm³/mol. The largest absolute Gasteiger partial charge is 0.462 e. The quantitative estimate of drug-likeness (QED) is 0.354. The van der Waals surface area contributed by atoms with Gasteiger partial charge in [-0.3, -0.25) is 0 Å². The monoisotopic (exact) mass is 253 g/mol. The van der Waals surface area contributed by atoms with Crippen LogP contribution in [-0.2, 0) is 4.74 Å². The van der Waals surface area contributed by atoms with Crippen LogP contribution in [0.3, 0.4) is 0 Å². The molecule has 0 aromatic heterocycles. The van der Waals surface area contributed by atoms with Crippen LogP contribution in [0.15, 0.2) is 23.1 Å². The zero-order chi connectivity index (χ0) is 12.7. The van der Waals surface area contributed by atoms with Crippen LogP contribution in [0.1, 0.15) is 43.0 Å². The Bertz CT molecular complexity index is 380. The van der Waals surface area contributed by atoms with E-state index < -0.39 is 0 Å². The second kappa shape index (κ2) is 7.22. The molecule has 0 radical (unpaired) electrons. The Morgan fingerprint density at radius 1 is 1.35 bits per heavy atom. The summed E-state index contributed by atoms with van der Waals surface area (Å²) in [5.41, 5.74) is 6.68. The molecule has 2 N–H and O–H groups in total. The second-order valence-electron chi connectivity index (χ2n) is 3.97. The van der Waals surface area contributed by atoms with Crippen molar-refractivity contribution >= 4 is 24.3 Å². The van der Waals surface area contributed by atoms with Gasteiger partial charge in [0.15, 0.2) is 0 Å². The van der Waals surface area contributed by atoms with E-state index in [-0.39, 0.29) is 5.97 Å². The summed E-state index contributed by atoms with van der Waals surface area (Å²) < 4.78 is 5.16. The minimum absolute atomic E-state index is 0.309. The first-order chi connectivity index (χ1) is 8.15. The number of benzene rings is 1. The molecule has 0 unspecified atom stereocenters. The van der Waals surface area contributed by atoms with Crippen molar-refractivity contribution in [3.63, 3.8) is 0 Å². The van der Waals surface area contributed by atoms with Gasteiger partial charge in [-0.15, -0.1) is 12.6 Å². The summed E-state index contributed by atoms with van der Waals surface area (Å²) in [5, 5.41) is 0. The highest BCUT2D eigenvalue weighted by Crippen LogP contribution is 2.18. The van der Waals surface area contributed by atoms with Crippen molar-refractivity contribution in [2.75, 3.05) is 12.3 Å². The Hall–Kier alpha value is -1.16. The average molecular weight is 253 g/mol. The second-order valence-corrected chi connectivity index (χ2v) is 4.45. The number of anilines is 1. The molecule has 0 aliphatic carbocycles. The number of hydrogen-bond acceptors (Lipinski definition) is 4. The molecule has 1 aromatic carbocycles. The smallest absolute Gasteiger partial charge is 0.338 e. The van der Waals surface area contributed by atoms with Gasteiger partial charge < -0.3 is 10.5 Å². The Morgan fingerprint density at radius 3 is 2.76 bits per heavy atom. The van der Waals surface area contributed by atoms with Crippen LogP contribution in [0.25, 0.3) is 0 Å². The van der Waals surface area contributed by atoms with Crippen molar-refractivity contribution < 1.29 is 9.53 Å². The van der Waals surface area contributed by atoms with Crippen LogP contribution in [0.5, 0.6) is 0 Å². The van der Waals surface area contributed by atoms with Gasteiger partial charge >= 0.3 is 5.97 Å². The molecule has 0 aliphatic rings. The summed E-state index contributed by atoms with van der Waals surface area (Å²) >= 11 is 4.17. The van der Waals surface area contributed by atoms with Gasteiger partial charge in [-0.1, -0.05) is 26.2 Å². The highest BCUT2D eigenvalue weighted by Gasteiger charge is 2.08. The number of carbonyl (C=O) groups is 1. The van der Waals surface area contributed by atoms with E-state index in [1.807, 2.05) is 0 Å². The minimum Gasteiger partial charge on any atom is -0.462 e. The molecule has 3 nitrogen and oxygen atoms in total. The molecule has 0 heterocycles. The summed E-state index contributed by atoms with van der Waals surface area (Å²) in [6.45, 7) is 2.62. The van der Waals surface area contributed by atoms with Crippen molar-refractivity contribution in [2.24, 2.45) is 0 Å². The van der Waals surface area contributed by atoms with Crippen molar-refractivity contribution in [1.82, 2.24) is 0 Å². The first-order valence-corrected chi connectivity index (χ1v) is 6.35. The number of ether oxygens (including phenoxy) is 1. The number of nitrogens with two attached hydrogens (primary N) is 1. The van der Waals surface area contributed by atoms with Gasteiger partial charge in [0, 0.05) is 10.6 Å². The highest BCUT2D eigenvalue weighted by molar-refractivity contribution is 7.80. The number of rotatable bonds is 6. The van der Waals surface area contributed by atoms with Crippen LogP contribution in [0.4, 0.5) is 5.69 Å². The van der Waals surface area contributed by atoms with Crippen molar-refractivity contribution in [3.05, 3.63) is 23.8 Å². The molecule has 0 atom stereocenters. The Kier molecular flexibility index (Phi) is 5.91. The fourth-order valence-electron chi connectivity index (χ4n) is 1.45. The highest BCUT2D eigenvalue weighted by atomic mass is 32.1. The van der Waals surface area contributed by atoms with Crippen LogP contribution in [-0.4, -0.2) is 12.6 Å². The predicted octanol–water partition coefficient (Wildman–Crippen LogP) is 3.29. The van der Waals surface area contributed by atoms with Gasteiger partial charge in [-0.2, -0.15) is 0 Å². The van der Waals surface area contributed by atoms with E-state index >= 15 is 0 Å². The maximum Gasteiger partial charge on any atom is 0.338 e. The molecule has 17 heavy (non-hydrogen) atoms. The SMILES string of the molecule is CCCCCCOC(=O)c1ccc(N)c(S)c1. The molecule has 0 aliphatic heterocycles. The number of carbonyl (C=O) groups excluding carboxylic acids is 1. The van der Waals surface area contributed by atoms with Crippen molar-refractivity contribution in [3.8, 4) is 0 Å². The lowest BCUT2D eigenvalue weighted by molar-refractivity contribution is 0.0497. The van der Waals surface area contributed by atoms with Crippen LogP contribution in [0, 0.1) is 0 Å². The molecular formula is C13H19NO2S. The summed E-state index contributed by atoms with van der Waals surface area (Å²) in [4.78, 5) is 12.2. The normalized spacial score (nSPS) is 10.2. The molecule has 0 spiro atoms. The van der Waals surface area contributed by atoms with Gasteiger partial charge in [0.25, 0.3) is 0 Å². The van der Waals surface area contributed by atoms with E-state index in [0.29, 0.717) is 22.8 Å². The van der Waals surface area contributed by atoms with E-state index in [0.717, 1.165) is 12.8 Å². The third kappa shape index (κ3) is 4.69. The van der Waals surface area contributed by atoms with E-state index in [1.165, 1.54) is 12.8 Å². The third-order valence-electron chi connectivity index (χ3n) is 2.50. The summed E-state index contributed by atoms with van der Waals surface area (Å²) in [7, 11) is 0. The molecule has 1 aromatic rings. The number of nitrogen functional groups attached to an aromatic ring is 1. The van der Waals surface area contributed by atoms with E-state index in [1.54, 1.807) is 18.2 Å². The Morgan fingerprint density at radius 2 is 2.12 bits per heavy atom. The average Bonchev–Trinajstić information content (AvgIpc) is 2.32. The molecule has 94 valence electrons. The maximum absolute atomic E-state index is 11.6. The van der Waals surface area contributed by atoms with E-state index in [9.17, 15) is 4.79 Å². The first-order valence-electron chi connectivity index (χ1n) is 5.90. The van der Waals surface area contributed by atoms with Crippen LogP contribution >= 0.6 is 12.6 Å². The molecule has 1 rings (SSSR count). The van der Waals surface area contributed by atoms with Gasteiger partial charge in [0.2, 0.25) is 0 Å². The molecule has 0 fully saturated rings. The topological polar surface area (TPSA) is 52.3 Å². The van der Waals surface area contributed by atoms with Crippen molar-refractivity contribution in [2.45, 2.75) is 37.5 Å². The fourth-order valence-corrected chi connectivity index (χ4v) is 1.66. The van der Waals surface area contributed by atoms with E-state index in [4.69, 9.17) is 10.5 Å². The van der Waals surface area contributed by atoms with E-state index in [2.05, 4.69) is 19.6 Å². The summed E-state index contributed by atoms with van der Waals surface area (Å²) in [6, 6.07) is 4.95. The Balaban J connectivity index is 2.39. The number of esters is 1. The summed E-state index contributed by atoms with van der Waals surface area (Å²) in [5.74, 6) is -0.309. The standard InChI is InChI=1S/C13H19NO2S/c1-2-3-4-5-8-16-13(15)10-6-7-11(14)12(17)9-10/h6-7,9,17H,2-5,8,14H2,1H3. The molecule has 0 saturated carbocycles. The number of unbranched alkanes of at least 4 members (excludes halogenated alkanes) is 3. The van der Waals surface area contributed by atoms with Gasteiger partial charge in [-0.25, -0.2) is 4.79 Å². The maximum atomic E-state index is 11.6. The number of hydrogen-bond donors (Lipinski definition) is 2. The molecule has 0 bridgehead atoms. The third-order valence-corrected chi connectivity index (χ3v) is 2.88. The number of thiol groups is 1. The van der Waals surface area contributed by atoms with Crippen LogP contribution in [0.2, 0.25) is 0 Å². The molecule has 0 saturated heterocycles. The molecular weight excluding hydrogens is 234 g/mol.